The molecule has 2 aromatic carbocycles. The fourth-order valence-electron chi connectivity index (χ4n) is 2.74. The van der Waals surface area contributed by atoms with Crippen LogP contribution in [0.3, 0.4) is 0 Å². The molecule has 1 aliphatic rings. The van der Waals surface area contributed by atoms with E-state index in [-0.39, 0.29) is 5.69 Å². The van der Waals surface area contributed by atoms with Crippen molar-refractivity contribution < 1.29 is 32.9 Å². The fraction of sp³-hybridized carbons (Fsp3) is 0.273. The third-order valence-electron chi connectivity index (χ3n) is 4.36. The summed E-state index contributed by atoms with van der Waals surface area (Å²) >= 11 is 0. The normalized spacial score (nSPS) is 13.6. The Labute approximate surface area is 173 Å². The first-order valence-corrected chi connectivity index (χ1v) is 9.30. The van der Waals surface area contributed by atoms with Gasteiger partial charge in [0, 0.05) is 11.8 Å². The van der Waals surface area contributed by atoms with E-state index in [1.807, 2.05) is 0 Å². The van der Waals surface area contributed by atoms with Gasteiger partial charge >= 0.3 is 5.97 Å². The molecular formula is C22H22FNO6. The van der Waals surface area contributed by atoms with E-state index in [2.05, 4.69) is 5.32 Å². The van der Waals surface area contributed by atoms with Gasteiger partial charge in [-0.2, -0.15) is 0 Å². The van der Waals surface area contributed by atoms with Crippen molar-refractivity contribution >= 4 is 23.6 Å². The molecule has 1 unspecified atom stereocenters. The van der Waals surface area contributed by atoms with Crippen molar-refractivity contribution in [1.29, 1.82) is 0 Å². The monoisotopic (exact) mass is 415 g/mol. The number of hydrogen-bond acceptors (Lipinski definition) is 6. The first kappa shape index (κ1) is 21.2. The molecule has 0 aromatic heterocycles. The van der Waals surface area contributed by atoms with Crippen LogP contribution >= 0.6 is 0 Å². The molecule has 0 fully saturated rings. The predicted molar refractivity (Wildman–Crippen MR) is 108 cm³/mol. The van der Waals surface area contributed by atoms with Gasteiger partial charge in [-0.05, 0) is 55.3 Å². The summed E-state index contributed by atoms with van der Waals surface area (Å²) in [6, 6.07) is 7.73. The van der Waals surface area contributed by atoms with Gasteiger partial charge in [0.25, 0.3) is 5.91 Å². The lowest BCUT2D eigenvalue weighted by atomic mass is 10.1. The number of amides is 1. The lowest BCUT2D eigenvalue weighted by Crippen LogP contribution is -2.29. The van der Waals surface area contributed by atoms with Crippen molar-refractivity contribution in [2.45, 2.75) is 20.0 Å². The summed E-state index contributed by atoms with van der Waals surface area (Å²) in [4.78, 5) is 24.3. The highest BCUT2D eigenvalue weighted by atomic mass is 19.1. The number of fused-ring (bicyclic) bond motifs is 1. The largest absolute Gasteiger partial charge is 0.493 e. The Hall–Kier alpha value is -3.55. The number of halogens is 1. The molecule has 0 radical (unpaired) electrons. The lowest BCUT2D eigenvalue weighted by molar-refractivity contribution is -0.148. The first-order chi connectivity index (χ1) is 14.4. The maximum atomic E-state index is 13.6. The van der Waals surface area contributed by atoms with Crippen molar-refractivity contribution in [3.63, 3.8) is 0 Å². The van der Waals surface area contributed by atoms with Gasteiger partial charge in [0.15, 0.2) is 17.6 Å². The van der Waals surface area contributed by atoms with Crippen LogP contribution in [0.15, 0.2) is 36.4 Å². The predicted octanol–water partition coefficient (Wildman–Crippen LogP) is 3.50. The van der Waals surface area contributed by atoms with Crippen molar-refractivity contribution in [2.24, 2.45) is 0 Å². The van der Waals surface area contributed by atoms with Crippen LogP contribution in [-0.2, 0) is 14.3 Å². The Morgan fingerprint density at radius 2 is 1.97 bits per heavy atom. The third kappa shape index (κ3) is 5.08. The number of aryl methyl sites for hydroxylation is 1. The molecule has 1 heterocycles. The maximum Gasteiger partial charge on any atom is 0.331 e. The average molecular weight is 415 g/mol. The Kier molecular flexibility index (Phi) is 6.56. The summed E-state index contributed by atoms with van der Waals surface area (Å²) in [5.41, 5.74) is 1.39. The van der Waals surface area contributed by atoms with E-state index in [9.17, 15) is 14.0 Å². The molecule has 30 heavy (non-hydrogen) atoms. The molecule has 8 heteroatoms. The van der Waals surface area contributed by atoms with Gasteiger partial charge in [-0.15, -0.1) is 0 Å². The second-order valence-corrected chi connectivity index (χ2v) is 6.61. The molecule has 1 aliphatic heterocycles. The highest BCUT2D eigenvalue weighted by molar-refractivity contribution is 5.96. The molecule has 1 amide bonds. The Bertz CT molecular complexity index is 971. The Morgan fingerprint density at radius 1 is 1.20 bits per heavy atom. The number of rotatable bonds is 6. The summed E-state index contributed by atoms with van der Waals surface area (Å²) in [7, 11) is 1.51. The highest BCUT2D eigenvalue weighted by Gasteiger charge is 2.19. The van der Waals surface area contributed by atoms with E-state index < -0.39 is 23.8 Å². The number of esters is 1. The second kappa shape index (κ2) is 9.30. The molecule has 0 bridgehead atoms. The van der Waals surface area contributed by atoms with E-state index in [4.69, 9.17) is 18.9 Å². The van der Waals surface area contributed by atoms with Crippen LogP contribution in [0.4, 0.5) is 10.1 Å². The summed E-state index contributed by atoms with van der Waals surface area (Å²) in [5, 5.41) is 2.51. The van der Waals surface area contributed by atoms with Gasteiger partial charge in [-0.3, -0.25) is 4.79 Å². The molecule has 0 saturated heterocycles. The van der Waals surface area contributed by atoms with E-state index in [0.717, 1.165) is 0 Å². The Balaban J connectivity index is 1.61. The van der Waals surface area contributed by atoms with Gasteiger partial charge in [0.1, 0.15) is 19.0 Å². The topological polar surface area (TPSA) is 83.1 Å². The zero-order chi connectivity index (χ0) is 21.7. The number of ether oxygens (including phenoxy) is 4. The molecule has 2 aromatic rings. The lowest BCUT2D eigenvalue weighted by Gasteiger charge is -2.20. The molecule has 0 saturated carbocycles. The minimum absolute atomic E-state index is 0.282. The minimum Gasteiger partial charge on any atom is -0.493 e. The van der Waals surface area contributed by atoms with Crippen molar-refractivity contribution in [2.75, 3.05) is 25.6 Å². The number of carbonyl (C=O) groups excluding carboxylic acids is 2. The van der Waals surface area contributed by atoms with E-state index >= 15 is 0 Å². The molecule has 7 nitrogen and oxygen atoms in total. The summed E-state index contributed by atoms with van der Waals surface area (Å²) in [6.45, 7) is 3.90. The van der Waals surface area contributed by atoms with Crippen molar-refractivity contribution in [3.05, 3.63) is 53.4 Å². The smallest absolute Gasteiger partial charge is 0.331 e. The number of benzene rings is 2. The molecule has 0 aliphatic carbocycles. The third-order valence-corrected chi connectivity index (χ3v) is 4.36. The minimum atomic E-state index is -1.07. The van der Waals surface area contributed by atoms with Gasteiger partial charge in [0.05, 0.1) is 7.11 Å². The van der Waals surface area contributed by atoms with E-state index in [1.54, 1.807) is 31.2 Å². The first-order valence-electron chi connectivity index (χ1n) is 9.30. The standard InChI is InChI=1S/C22H22FNO6/c1-13-4-6-16(12-17(13)23)24-22(26)14(2)30-20(25)7-5-15-10-18(27-3)21-19(11-15)28-8-9-29-21/h4-7,10-12,14H,8-9H2,1-3H3,(H,24,26)/b7-5+. The van der Waals surface area contributed by atoms with E-state index in [1.165, 1.54) is 32.3 Å². The zero-order valence-electron chi connectivity index (χ0n) is 16.9. The van der Waals surface area contributed by atoms with Crippen LogP contribution in [0.5, 0.6) is 17.2 Å². The number of carbonyl (C=O) groups is 2. The number of methoxy groups -OCH3 is 1. The molecule has 3 rings (SSSR count). The SMILES string of the molecule is COc1cc(/C=C/C(=O)OC(C)C(=O)Nc2ccc(C)c(F)c2)cc2c1OCCO2. The summed E-state index contributed by atoms with van der Waals surface area (Å²) in [5.74, 6) is -0.191. The number of hydrogen-bond donors (Lipinski definition) is 1. The summed E-state index contributed by atoms with van der Waals surface area (Å²) in [6.07, 6.45) is 1.64. The quantitative estimate of drug-likeness (QED) is 0.574. The molecule has 158 valence electrons. The molecule has 1 atom stereocenters. The molecule has 0 spiro atoms. The Morgan fingerprint density at radius 3 is 2.70 bits per heavy atom. The highest BCUT2D eigenvalue weighted by Crippen LogP contribution is 2.40. The van der Waals surface area contributed by atoms with Crippen molar-refractivity contribution in [3.8, 4) is 17.2 Å². The molecular weight excluding hydrogens is 393 g/mol. The van der Waals surface area contributed by atoms with Gasteiger partial charge in [-0.1, -0.05) is 6.07 Å². The molecule has 1 N–H and O–H groups in total. The number of nitrogens with one attached hydrogen (secondary N) is 1. The van der Waals surface area contributed by atoms with Gasteiger partial charge in [0.2, 0.25) is 5.75 Å². The number of anilines is 1. The van der Waals surface area contributed by atoms with Crippen LogP contribution in [0.25, 0.3) is 6.08 Å². The van der Waals surface area contributed by atoms with Gasteiger partial charge < -0.3 is 24.3 Å². The van der Waals surface area contributed by atoms with Crippen molar-refractivity contribution in [1.82, 2.24) is 0 Å². The average Bonchev–Trinajstić information content (AvgIpc) is 2.74. The van der Waals surface area contributed by atoms with Crippen LogP contribution in [0, 0.1) is 12.7 Å². The maximum absolute atomic E-state index is 13.6. The van der Waals surface area contributed by atoms with Crippen LogP contribution in [0.1, 0.15) is 18.1 Å². The van der Waals surface area contributed by atoms with Crippen LogP contribution < -0.4 is 19.5 Å². The summed E-state index contributed by atoms with van der Waals surface area (Å²) < 4.78 is 35.1. The zero-order valence-corrected chi connectivity index (χ0v) is 16.9. The van der Waals surface area contributed by atoms with Crippen LogP contribution in [0.2, 0.25) is 0 Å². The second-order valence-electron chi connectivity index (χ2n) is 6.61. The fourth-order valence-corrected chi connectivity index (χ4v) is 2.74. The van der Waals surface area contributed by atoms with Gasteiger partial charge in [-0.25, -0.2) is 9.18 Å². The van der Waals surface area contributed by atoms with Crippen LogP contribution in [-0.4, -0.2) is 38.3 Å². The van der Waals surface area contributed by atoms with E-state index in [0.29, 0.717) is 41.6 Å².